The summed E-state index contributed by atoms with van der Waals surface area (Å²) in [6.45, 7) is 4.13. The number of urea groups is 1. The van der Waals surface area contributed by atoms with Gasteiger partial charge in [0.2, 0.25) is 0 Å². The molecule has 1 aliphatic heterocycles. The van der Waals surface area contributed by atoms with Crippen LogP contribution in [0.25, 0.3) is 0 Å². The third-order valence-electron chi connectivity index (χ3n) is 4.45. The number of carbonyl (C=O) groups excluding carboxylic acids is 2. The molecule has 3 amide bonds. The largest absolute Gasteiger partial charge is 0.329 e. The van der Waals surface area contributed by atoms with E-state index in [1.165, 1.54) is 4.90 Å². The molecular formula is C16H20N2O2. The second kappa shape index (κ2) is 4.62. The minimum Gasteiger partial charge on any atom is -0.323 e. The lowest BCUT2D eigenvalue weighted by Gasteiger charge is -2.34. The Hall–Kier alpha value is -1.84. The van der Waals surface area contributed by atoms with Crippen molar-refractivity contribution in [1.29, 1.82) is 0 Å². The number of anilines is 1. The second-order valence-corrected chi connectivity index (χ2v) is 6.19. The Kier molecular flexibility index (Phi) is 3.04. The first-order chi connectivity index (χ1) is 9.52. The van der Waals surface area contributed by atoms with E-state index in [1.807, 2.05) is 31.2 Å². The van der Waals surface area contributed by atoms with Crippen molar-refractivity contribution in [3.05, 3.63) is 29.8 Å². The van der Waals surface area contributed by atoms with Crippen molar-refractivity contribution in [2.24, 2.45) is 5.92 Å². The molecule has 1 heterocycles. The van der Waals surface area contributed by atoms with Crippen molar-refractivity contribution in [3.8, 4) is 0 Å². The van der Waals surface area contributed by atoms with E-state index in [-0.39, 0.29) is 11.9 Å². The Bertz CT molecular complexity index is 552. The smallest absolute Gasteiger partial charge is 0.323 e. The summed E-state index contributed by atoms with van der Waals surface area (Å²) in [4.78, 5) is 26.3. The van der Waals surface area contributed by atoms with Gasteiger partial charge in [-0.25, -0.2) is 9.69 Å². The standard InChI is InChI=1S/C16H20N2O2/c1-11-5-7-13(8-6-11)18-14(19)16(17-15(18)20)9-3-4-12(2)10-16/h5-8,12H,3-4,9-10H2,1-2H3,(H,17,20). The zero-order chi connectivity index (χ0) is 14.3. The lowest BCUT2D eigenvalue weighted by molar-refractivity contribution is -0.123. The number of benzene rings is 1. The molecule has 2 unspecified atom stereocenters. The maximum Gasteiger partial charge on any atom is 0.329 e. The minimum atomic E-state index is -0.667. The van der Waals surface area contributed by atoms with E-state index in [0.717, 1.165) is 31.2 Å². The number of hydrogen-bond donors (Lipinski definition) is 1. The summed E-state index contributed by atoms with van der Waals surface area (Å²) < 4.78 is 0. The highest BCUT2D eigenvalue weighted by atomic mass is 16.2. The van der Waals surface area contributed by atoms with Gasteiger partial charge in [-0.3, -0.25) is 4.79 Å². The molecule has 2 atom stereocenters. The SMILES string of the molecule is Cc1ccc(N2C(=O)NC3(CCCC(C)C3)C2=O)cc1. The van der Waals surface area contributed by atoms with Crippen LogP contribution in [0.3, 0.4) is 0 Å². The first-order valence-electron chi connectivity index (χ1n) is 7.25. The highest BCUT2D eigenvalue weighted by Crippen LogP contribution is 2.38. The van der Waals surface area contributed by atoms with Crippen LogP contribution in [0.1, 0.15) is 38.2 Å². The van der Waals surface area contributed by atoms with E-state index < -0.39 is 5.54 Å². The van der Waals surface area contributed by atoms with Crippen molar-refractivity contribution < 1.29 is 9.59 Å². The van der Waals surface area contributed by atoms with Crippen LogP contribution in [0.4, 0.5) is 10.5 Å². The fraction of sp³-hybridized carbons (Fsp3) is 0.500. The van der Waals surface area contributed by atoms with Gasteiger partial charge >= 0.3 is 6.03 Å². The Labute approximate surface area is 119 Å². The van der Waals surface area contributed by atoms with Crippen molar-refractivity contribution >= 4 is 17.6 Å². The first kappa shape index (κ1) is 13.2. The summed E-state index contributed by atoms with van der Waals surface area (Å²) in [7, 11) is 0. The third kappa shape index (κ3) is 1.99. The van der Waals surface area contributed by atoms with Crippen LogP contribution < -0.4 is 10.2 Å². The van der Waals surface area contributed by atoms with Crippen LogP contribution in [0, 0.1) is 12.8 Å². The lowest BCUT2D eigenvalue weighted by Crippen LogP contribution is -2.50. The molecule has 1 aromatic rings. The zero-order valence-corrected chi connectivity index (χ0v) is 12.0. The van der Waals surface area contributed by atoms with Crippen LogP contribution >= 0.6 is 0 Å². The fourth-order valence-electron chi connectivity index (χ4n) is 3.41. The predicted molar refractivity (Wildman–Crippen MR) is 77.6 cm³/mol. The van der Waals surface area contributed by atoms with Crippen molar-refractivity contribution in [1.82, 2.24) is 5.32 Å². The average Bonchev–Trinajstić information content (AvgIpc) is 2.62. The molecular weight excluding hydrogens is 252 g/mol. The van der Waals surface area contributed by atoms with Gasteiger partial charge < -0.3 is 5.32 Å². The maximum atomic E-state index is 12.8. The number of amides is 3. The summed E-state index contributed by atoms with van der Waals surface area (Å²) in [5.74, 6) is 0.392. The summed E-state index contributed by atoms with van der Waals surface area (Å²) in [5, 5.41) is 2.95. The van der Waals surface area contributed by atoms with Gasteiger partial charge in [-0.1, -0.05) is 37.5 Å². The number of nitrogens with zero attached hydrogens (tertiary/aromatic N) is 1. The molecule has 0 aromatic heterocycles. The summed E-state index contributed by atoms with van der Waals surface area (Å²) in [6, 6.07) is 7.22. The Morgan fingerprint density at radius 2 is 1.95 bits per heavy atom. The van der Waals surface area contributed by atoms with Gasteiger partial charge in [-0.15, -0.1) is 0 Å². The fourth-order valence-corrected chi connectivity index (χ4v) is 3.41. The van der Waals surface area contributed by atoms with E-state index in [4.69, 9.17) is 0 Å². The Morgan fingerprint density at radius 1 is 1.25 bits per heavy atom. The van der Waals surface area contributed by atoms with E-state index >= 15 is 0 Å². The molecule has 1 aliphatic carbocycles. The summed E-state index contributed by atoms with van der Waals surface area (Å²) >= 11 is 0. The number of nitrogens with one attached hydrogen (secondary N) is 1. The van der Waals surface area contributed by atoms with E-state index in [9.17, 15) is 9.59 Å². The molecule has 4 heteroatoms. The van der Waals surface area contributed by atoms with Crippen LogP contribution in [0.5, 0.6) is 0 Å². The molecule has 1 saturated carbocycles. The molecule has 2 fully saturated rings. The number of aryl methyl sites for hydroxylation is 1. The first-order valence-corrected chi connectivity index (χ1v) is 7.25. The maximum absolute atomic E-state index is 12.8. The minimum absolute atomic E-state index is 0.0853. The third-order valence-corrected chi connectivity index (χ3v) is 4.45. The van der Waals surface area contributed by atoms with Crippen LogP contribution in [0.15, 0.2) is 24.3 Å². The monoisotopic (exact) mass is 272 g/mol. The van der Waals surface area contributed by atoms with Crippen molar-refractivity contribution in [3.63, 3.8) is 0 Å². The quantitative estimate of drug-likeness (QED) is 0.799. The van der Waals surface area contributed by atoms with Gasteiger partial charge in [0, 0.05) is 0 Å². The second-order valence-electron chi connectivity index (χ2n) is 6.19. The van der Waals surface area contributed by atoms with Gasteiger partial charge in [-0.05, 0) is 37.8 Å². The molecule has 1 aromatic carbocycles. The normalized spacial score (nSPS) is 29.9. The van der Waals surface area contributed by atoms with E-state index in [0.29, 0.717) is 11.6 Å². The topological polar surface area (TPSA) is 49.4 Å². The van der Waals surface area contributed by atoms with Crippen molar-refractivity contribution in [2.45, 2.75) is 45.1 Å². The molecule has 1 spiro atoms. The molecule has 20 heavy (non-hydrogen) atoms. The van der Waals surface area contributed by atoms with Crippen LogP contribution in [-0.2, 0) is 4.79 Å². The average molecular weight is 272 g/mol. The number of rotatable bonds is 1. The Balaban J connectivity index is 1.92. The van der Waals surface area contributed by atoms with Crippen molar-refractivity contribution in [2.75, 3.05) is 4.90 Å². The number of carbonyl (C=O) groups is 2. The number of hydrogen-bond acceptors (Lipinski definition) is 2. The molecule has 4 nitrogen and oxygen atoms in total. The summed E-state index contributed by atoms with van der Waals surface area (Å²) in [6.07, 6.45) is 3.63. The van der Waals surface area contributed by atoms with Gasteiger partial charge in [0.1, 0.15) is 5.54 Å². The predicted octanol–water partition coefficient (Wildman–Crippen LogP) is 3.00. The van der Waals surface area contributed by atoms with Gasteiger partial charge in [-0.2, -0.15) is 0 Å². The highest BCUT2D eigenvalue weighted by Gasteiger charge is 2.52. The molecule has 106 valence electrons. The van der Waals surface area contributed by atoms with E-state index in [1.54, 1.807) is 0 Å². The molecule has 2 aliphatic rings. The molecule has 3 rings (SSSR count). The molecule has 0 radical (unpaired) electrons. The van der Waals surface area contributed by atoms with Crippen LogP contribution in [0.2, 0.25) is 0 Å². The Morgan fingerprint density at radius 3 is 2.60 bits per heavy atom. The highest BCUT2D eigenvalue weighted by molar-refractivity contribution is 6.23. The summed E-state index contributed by atoms with van der Waals surface area (Å²) in [5.41, 5.74) is 1.11. The zero-order valence-electron chi connectivity index (χ0n) is 12.0. The molecule has 0 bridgehead atoms. The molecule has 1 N–H and O–H groups in total. The van der Waals surface area contributed by atoms with Gasteiger partial charge in [0.05, 0.1) is 5.69 Å². The van der Waals surface area contributed by atoms with Gasteiger partial charge in [0.15, 0.2) is 0 Å². The van der Waals surface area contributed by atoms with Gasteiger partial charge in [0.25, 0.3) is 5.91 Å². The van der Waals surface area contributed by atoms with E-state index in [2.05, 4.69) is 12.2 Å². The number of imide groups is 1. The lowest BCUT2D eigenvalue weighted by atomic mass is 9.76. The van der Waals surface area contributed by atoms with Crippen LogP contribution in [-0.4, -0.2) is 17.5 Å². The molecule has 1 saturated heterocycles.